The van der Waals surface area contributed by atoms with Crippen LogP contribution in [0, 0.1) is 11.8 Å². The van der Waals surface area contributed by atoms with Crippen molar-refractivity contribution in [2.45, 2.75) is 90.9 Å². The van der Waals surface area contributed by atoms with Gasteiger partial charge < -0.3 is 24.4 Å². The maximum Gasteiger partial charge on any atom is 0.343 e. The van der Waals surface area contributed by atoms with E-state index in [2.05, 4.69) is 25.9 Å². The van der Waals surface area contributed by atoms with Crippen molar-refractivity contribution in [1.29, 1.82) is 0 Å². The van der Waals surface area contributed by atoms with Crippen LogP contribution in [-0.4, -0.2) is 48.4 Å². The van der Waals surface area contributed by atoms with Crippen molar-refractivity contribution in [3.8, 4) is 17.2 Å². The van der Waals surface area contributed by atoms with Crippen LogP contribution in [0.25, 0.3) is 10.2 Å². The minimum Gasteiger partial charge on any atom is -0.494 e. The second kappa shape index (κ2) is 21.8. The molecule has 0 spiro atoms. The van der Waals surface area contributed by atoms with Crippen molar-refractivity contribution in [2.75, 3.05) is 19.8 Å². The number of thiazole rings is 1. The number of esters is 3. The van der Waals surface area contributed by atoms with E-state index in [0.717, 1.165) is 93.3 Å². The van der Waals surface area contributed by atoms with Gasteiger partial charge in [0.15, 0.2) is 0 Å². The summed E-state index contributed by atoms with van der Waals surface area (Å²) in [6, 6.07) is 19.7. The van der Waals surface area contributed by atoms with Gasteiger partial charge in [-0.15, -0.1) is 11.3 Å². The van der Waals surface area contributed by atoms with E-state index < -0.39 is 11.9 Å². The number of carbonyl (C=O) groups excluding carboxylic acids is 3. The van der Waals surface area contributed by atoms with E-state index in [4.69, 9.17) is 29.0 Å². The van der Waals surface area contributed by atoms with Crippen LogP contribution in [0.15, 0.2) is 84.5 Å². The third-order valence-corrected chi connectivity index (χ3v) is 10.7. The first-order chi connectivity index (χ1) is 26.8. The Morgan fingerprint density at radius 2 is 1.60 bits per heavy atom. The van der Waals surface area contributed by atoms with Gasteiger partial charge in [0.2, 0.25) is 0 Å². The molecule has 10 nitrogen and oxygen atoms in total. The molecule has 0 bridgehead atoms. The average Bonchev–Trinajstić information content (AvgIpc) is 3.63. The van der Waals surface area contributed by atoms with E-state index in [1.54, 1.807) is 42.5 Å². The lowest BCUT2D eigenvalue weighted by atomic mass is 9.83. The SMILES string of the molecule is C=CC(=O)OCCCCCCOc1ccc(C(=O)Oc2ccc(OC(=O)C3CCC(C)CC3)c(C(=NNCCCCCC)c3nc4ccccc4s3)c2)cc1. The van der Waals surface area contributed by atoms with Crippen molar-refractivity contribution < 1.29 is 33.3 Å². The van der Waals surface area contributed by atoms with E-state index in [9.17, 15) is 14.4 Å². The Morgan fingerprint density at radius 3 is 2.35 bits per heavy atom. The normalized spacial score (nSPS) is 15.6. The lowest BCUT2D eigenvalue weighted by Gasteiger charge is -2.25. The third-order valence-electron chi connectivity index (χ3n) is 9.61. The molecular formula is C44H53N3O7S. The van der Waals surface area contributed by atoms with Crippen molar-refractivity contribution in [3.05, 3.63) is 95.5 Å². The van der Waals surface area contributed by atoms with Gasteiger partial charge in [-0.2, -0.15) is 5.10 Å². The van der Waals surface area contributed by atoms with Crippen LogP contribution >= 0.6 is 11.3 Å². The van der Waals surface area contributed by atoms with Crippen LogP contribution in [-0.2, 0) is 14.3 Å². The topological polar surface area (TPSA) is 125 Å². The van der Waals surface area contributed by atoms with E-state index in [0.29, 0.717) is 59.0 Å². The molecule has 5 rings (SSSR count). The molecule has 0 atom stereocenters. The number of aromatic nitrogens is 1. The molecule has 292 valence electrons. The third kappa shape index (κ3) is 12.8. The molecule has 1 heterocycles. The number of fused-ring (bicyclic) bond motifs is 1. The van der Waals surface area contributed by atoms with Crippen molar-refractivity contribution >= 4 is 45.2 Å². The molecule has 0 aliphatic heterocycles. The van der Waals surface area contributed by atoms with Crippen LogP contribution in [0.5, 0.6) is 17.2 Å². The van der Waals surface area contributed by atoms with Crippen LogP contribution < -0.4 is 19.6 Å². The number of hydrogen-bond acceptors (Lipinski definition) is 11. The van der Waals surface area contributed by atoms with Gasteiger partial charge in [0.1, 0.15) is 28.0 Å². The van der Waals surface area contributed by atoms with E-state index in [1.165, 1.54) is 11.3 Å². The summed E-state index contributed by atoms with van der Waals surface area (Å²) in [4.78, 5) is 42.9. The van der Waals surface area contributed by atoms with Gasteiger partial charge in [-0.25, -0.2) is 14.6 Å². The summed E-state index contributed by atoms with van der Waals surface area (Å²) in [7, 11) is 0. The van der Waals surface area contributed by atoms with Crippen LogP contribution in [0.2, 0.25) is 0 Å². The van der Waals surface area contributed by atoms with E-state index in [1.807, 2.05) is 24.3 Å². The summed E-state index contributed by atoms with van der Waals surface area (Å²) in [6.45, 7) is 9.38. The molecule has 0 amide bonds. The minimum absolute atomic E-state index is 0.173. The summed E-state index contributed by atoms with van der Waals surface area (Å²) in [5.41, 5.74) is 5.45. The first kappa shape index (κ1) is 41.1. The average molecular weight is 768 g/mol. The smallest absolute Gasteiger partial charge is 0.343 e. The number of carbonyl (C=O) groups is 3. The van der Waals surface area contributed by atoms with Gasteiger partial charge in [-0.05, 0) is 118 Å². The molecular weight excluding hydrogens is 715 g/mol. The first-order valence-electron chi connectivity index (χ1n) is 19.6. The molecule has 0 radical (unpaired) electrons. The van der Waals surface area contributed by atoms with Crippen molar-refractivity contribution in [2.24, 2.45) is 16.9 Å². The van der Waals surface area contributed by atoms with Gasteiger partial charge >= 0.3 is 17.9 Å². The molecule has 3 aromatic carbocycles. The molecule has 4 aromatic rings. The van der Waals surface area contributed by atoms with Gasteiger partial charge in [0.05, 0.1) is 40.5 Å². The molecule has 1 aliphatic rings. The number of para-hydroxylation sites is 1. The number of benzene rings is 3. The van der Waals surface area contributed by atoms with Crippen LogP contribution in [0.4, 0.5) is 0 Å². The molecule has 1 aliphatic carbocycles. The van der Waals surface area contributed by atoms with Crippen molar-refractivity contribution in [3.63, 3.8) is 0 Å². The number of rotatable bonds is 21. The number of ether oxygens (including phenoxy) is 4. The van der Waals surface area contributed by atoms with Gasteiger partial charge in [0, 0.05) is 12.6 Å². The Morgan fingerprint density at radius 1 is 0.873 bits per heavy atom. The summed E-state index contributed by atoms with van der Waals surface area (Å²) in [5.74, 6) is 0.495. The second-order valence-corrected chi connectivity index (χ2v) is 15.0. The fourth-order valence-electron chi connectivity index (χ4n) is 6.33. The summed E-state index contributed by atoms with van der Waals surface area (Å²) in [5, 5.41) is 5.49. The quantitative estimate of drug-likeness (QED) is 0.0220. The highest BCUT2D eigenvalue weighted by atomic mass is 32.1. The number of hydrogen-bond donors (Lipinski definition) is 1. The van der Waals surface area contributed by atoms with Gasteiger partial charge in [-0.1, -0.05) is 51.8 Å². The number of hydrazone groups is 1. The Bertz CT molecular complexity index is 1860. The summed E-state index contributed by atoms with van der Waals surface area (Å²) < 4.78 is 23.9. The molecule has 1 saturated carbocycles. The predicted octanol–water partition coefficient (Wildman–Crippen LogP) is 9.84. The van der Waals surface area contributed by atoms with E-state index in [-0.39, 0.29) is 17.6 Å². The van der Waals surface area contributed by atoms with Crippen LogP contribution in [0.1, 0.15) is 112 Å². The maximum atomic E-state index is 13.5. The predicted molar refractivity (Wildman–Crippen MR) is 217 cm³/mol. The standard InChI is InChI=1S/C44H53N3O7S/c1-4-6-7-12-27-45-47-41(42-46-37-15-10-11-16-39(37)55-42)36-30-35(25-26-38(36)54-44(50)32-19-17-31(3)18-20-32)53-43(49)33-21-23-34(24-22-33)51-28-13-8-9-14-29-52-40(48)5-2/h5,10-11,15-16,21-26,30-32,45H,2,4,6-9,12-14,17-20,27-29H2,1,3H3. The number of unbranched alkanes of at least 4 members (excludes halogenated alkanes) is 6. The zero-order chi connectivity index (χ0) is 38.8. The number of nitrogens with zero attached hydrogens (tertiary/aromatic N) is 2. The Labute approximate surface area is 328 Å². The highest BCUT2D eigenvalue weighted by Gasteiger charge is 2.28. The molecule has 1 fully saturated rings. The highest BCUT2D eigenvalue weighted by molar-refractivity contribution is 7.20. The second-order valence-electron chi connectivity index (χ2n) is 14.0. The highest BCUT2D eigenvalue weighted by Crippen LogP contribution is 2.34. The summed E-state index contributed by atoms with van der Waals surface area (Å²) >= 11 is 1.50. The molecule has 11 heteroatoms. The summed E-state index contributed by atoms with van der Waals surface area (Å²) in [6.07, 6.45) is 12.6. The molecule has 55 heavy (non-hydrogen) atoms. The number of nitrogens with one attached hydrogen (secondary N) is 1. The largest absolute Gasteiger partial charge is 0.494 e. The molecule has 0 unspecified atom stereocenters. The minimum atomic E-state index is -0.539. The Hall–Kier alpha value is -5.03. The molecule has 0 saturated heterocycles. The molecule has 1 N–H and O–H groups in total. The van der Waals surface area contributed by atoms with Crippen molar-refractivity contribution in [1.82, 2.24) is 10.4 Å². The Kier molecular flexibility index (Phi) is 16.3. The molecule has 1 aromatic heterocycles. The van der Waals surface area contributed by atoms with E-state index >= 15 is 0 Å². The maximum absolute atomic E-state index is 13.5. The van der Waals surface area contributed by atoms with Gasteiger partial charge in [-0.3, -0.25) is 4.79 Å². The van der Waals surface area contributed by atoms with Gasteiger partial charge in [0.25, 0.3) is 0 Å². The first-order valence-corrected chi connectivity index (χ1v) is 20.4. The van der Waals surface area contributed by atoms with Crippen LogP contribution in [0.3, 0.4) is 0 Å². The fraction of sp³-hybridized carbons (Fsp3) is 0.432. The lowest BCUT2D eigenvalue weighted by Crippen LogP contribution is -2.26. The fourth-order valence-corrected chi connectivity index (χ4v) is 7.30. The Balaban J connectivity index is 1.31. The lowest BCUT2D eigenvalue weighted by molar-refractivity contribution is -0.140. The zero-order valence-corrected chi connectivity index (χ0v) is 32.9. The monoisotopic (exact) mass is 767 g/mol. The zero-order valence-electron chi connectivity index (χ0n) is 32.1.